The molecule has 0 spiro atoms. The lowest BCUT2D eigenvalue weighted by Crippen LogP contribution is -2.12. The number of benzene rings is 2. The summed E-state index contributed by atoms with van der Waals surface area (Å²) in [6.07, 6.45) is 0. The third-order valence-electron chi connectivity index (χ3n) is 3.05. The second-order valence-corrected chi connectivity index (χ2v) is 5.45. The van der Waals surface area contributed by atoms with Gasteiger partial charge in [-0.2, -0.15) is 5.10 Å². The Kier molecular flexibility index (Phi) is 4.13. The molecule has 0 aliphatic heterocycles. The van der Waals surface area contributed by atoms with Gasteiger partial charge in [0.15, 0.2) is 0 Å². The maximum absolute atomic E-state index is 12.2. The molecule has 110 valence electrons. The molecule has 0 radical (unpaired) electrons. The molecule has 0 saturated carbocycles. The molecule has 3 aromatic rings. The van der Waals surface area contributed by atoms with Crippen molar-refractivity contribution in [2.75, 3.05) is 5.32 Å². The molecule has 6 heteroatoms. The van der Waals surface area contributed by atoms with Crippen molar-refractivity contribution in [2.45, 2.75) is 0 Å². The second-order valence-electron chi connectivity index (χ2n) is 4.61. The molecule has 2 aromatic carbocycles. The SMILES string of the molecule is O=C(Nc1cccc(Cl)c1)c1cc(-c2ccccc2Cl)n[nH]1. The Morgan fingerprint density at radius 3 is 2.64 bits per heavy atom. The highest BCUT2D eigenvalue weighted by Crippen LogP contribution is 2.26. The van der Waals surface area contributed by atoms with E-state index in [-0.39, 0.29) is 5.91 Å². The van der Waals surface area contributed by atoms with Crippen molar-refractivity contribution in [3.8, 4) is 11.3 Å². The third-order valence-corrected chi connectivity index (χ3v) is 3.62. The summed E-state index contributed by atoms with van der Waals surface area (Å²) in [5, 5.41) is 10.7. The highest BCUT2D eigenvalue weighted by molar-refractivity contribution is 6.33. The summed E-state index contributed by atoms with van der Waals surface area (Å²) in [5.41, 5.74) is 2.34. The lowest BCUT2D eigenvalue weighted by Gasteiger charge is -2.03. The fourth-order valence-corrected chi connectivity index (χ4v) is 2.43. The molecule has 2 N–H and O–H groups in total. The molecule has 0 aliphatic rings. The topological polar surface area (TPSA) is 57.8 Å². The van der Waals surface area contributed by atoms with Crippen molar-refractivity contribution in [1.82, 2.24) is 10.2 Å². The molecule has 4 nitrogen and oxygen atoms in total. The van der Waals surface area contributed by atoms with Crippen LogP contribution in [0.4, 0.5) is 5.69 Å². The highest BCUT2D eigenvalue weighted by Gasteiger charge is 2.13. The number of carbonyl (C=O) groups excluding carboxylic acids is 1. The van der Waals surface area contributed by atoms with Crippen LogP contribution in [0.5, 0.6) is 0 Å². The van der Waals surface area contributed by atoms with Crippen LogP contribution in [0.1, 0.15) is 10.5 Å². The number of hydrogen-bond donors (Lipinski definition) is 2. The van der Waals surface area contributed by atoms with Gasteiger partial charge in [0.2, 0.25) is 0 Å². The number of rotatable bonds is 3. The van der Waals surface area contributed by atoms with Gasteiger partial charge in [-0.05, 0) is 30.3 Å². The smallest absolute Gasteiger partial charge is 0.273 e. The lowest BCUT2D eigenvalue weighted by atomic mass is 10.1. The van der Waals surface area contributed by atoms with Gasteiger partial charge < -0.3 is 5.32 Å². The van der Waals surface area contributed by atoms with Crippen molar-refractivity contribution < 1.29 is 4.79 Å². The zero-order valence-electron chi connectivity index (χ0n) is 11.3. The van der Waals surface area contributed by atoms with E-state index in [1.165, 1.54) is 0 Å². The number of carbonyl (C=O) groups is 1. The zero-order valence-corrected chi connectivity index (χ0v) is 12.8. The number of nitrogens with one attached hydrogen (secondary N) is 2. The largest absolute Gasteiger partial charge is 0.321 e. The molecule has 1 aromatic heterocycles. The maximum Gasteiger partial charge on any atom is 0.273 e. The normalized spacial score (nSPS) is 10.5. The van der Waals surface area contributed by atoms with Gasteiger partial charge in [-0.15, -0.1) is 0 Å². The summed E-state index contributed by atoms with van der Waals surface area (Å²) >= 11 is 12.0. The number of nitrogens with zero attached hydrogens (tertiary/aromatic N) is 1. The van der Waals surface area contributed by atoms with E-state index in [0.29, 0.717) is 27.1 Å². The minimum absolute atomic E-state index is 0.298. The average molecular weight is 332 g/mol. The highest BCUT2D eigenvalue weighted by atomic mass is 35.5. The van der Waals surface area contributed by atoms with Gasteiger partial charge in [-0.3, -0.25) is 9.89 Å². The molecule has 1 amide bonds. The van der Waals surface area contributed by atoms with Crippen molar-refractivity contribution in [3.63, 3.8) is 0 Å². The Bertz CT molecular complexity index is 830. The Morgan fingerprint density at radius 1 is 1.05 bits per heavy atom. The summed E-state index contributed by atoms with van der Waals surface area (Å²) in [4.78, 5) is 12.2. The standard InChI is InChI=1S/C16H11Cl2N3O/c17-10-4-3-5-11(8-10)19-16(22)15-9-14(20-21-15)12-6-1-2-7-13(12)18/h1-9H,(H,19,22)(H,20,21). The molecular weight excluding hydrogens is 321 g/mol. The van der Waals surface area contributed by atoms with Crippen molar-refractivity contribution >= 4 is 34.8 Å². The van der Waals surface area contributed by atoms with Crippen LogP contribution in [0.2, 0.25) is 10.0 Å². The van der Waals surface area contributed by atoms with Crippen LogP contribution >= 0.6 is 23.2 Å². The molecule has 0 fully saturated rings. The van der Waals surface area contributed by atoms with Gasteiger partial charge in [-0.1, -0.05) is 47.5 Å². The minimum atomic E-state index is -0.298. The molecule has 0 aliphatic carbocycles. The van der Waals surface area contributed by atoms with E-state index in [2.05, 4.69) is 15.5 Å². The van der Waals surface area contributed by atoms with Crippen molar-refractivity contribution in [3.05, 3.63) is 70.3 Å². The number of amides is 1. The number of halogens is 2. The quantitative estimate of drug-likeness (QED) is 0.734. The average Bonchev–Trinajstić information content (AvgIpc) is 2.97. The third kappa shape index (κ3) is 3.13. The van der Waals surface area contributed by atoms with Crippen LogP contribution in [0.15, 0.2) is 54.6 Å². The van der Waals surface area contributed by atoms with Crippen LogP contribution in [-0.4, -0.2) is 16.1 Å². The molecule has 3 rings (SSSR count). The van der Waals surface area contributed by atoms with E-state index in [1.807, 2.05) is 18.2 Å². The first kappa shape index (κ1) is 14.6. The van der Waals surface area contributed by atoms with Crippen LogP contribution in [0.3, 0.4) is 0 Å². The van der Waals surface area contributed by atoms with E-state index in [1.54, 1.807) is 36.4 Å². The summed E-state index contributed by atoms with van der Waals surface area (Å²) in [6, 6.07) is 15.9. The van der Waals surface area contributed by atoms with E-state index < -0.39 is 0 Å². The molecule has 0 atom stereocenters. The van der Waals surface area contributed by atoms with Gasteiger partial charge >= 0.3 is 0 Å². The van der Waals surface area contributed by atoms with Crippen LogP contribution in [0, 0.1) is 0 Å². The summed E-state index contributed by atoms with van der Waals surface area (Å²) in [5.74, 6) is -0.298. The lowest BCUT2D eigenvalue weighted by molar-refractivity contribution is 0.102. The van der Waals surface area contributed by atoms with E-state index in [9.17, 15) is 4.79 Å². The first-order chi connectivity index (χ1) is 10.6. The fourth-order valence-electron chi connectivity index (χ4n) is 2.01. The predicted octanol–water partition coefficient (Wildman–Crippen LogP) is 4.64. The molecule has 1 heterocycles. The van der Waals surface area contributed by atoms with Crippen molar-refractivity contribution in [1.29, 1.82) is 0 Å². The Hall–Kier alpha value is -2.30. The second kappa shape index (κ2) is 6.22. The van der Waals surface area contributed by atoms with Gasteiger partial charge in [-0.25, -0.2) is 0 Å². The first-order valence-electron chi connectivity index (χ1n) is 6.51. The summed E-state index contributed by atoms with van der Waals surface area (Å²) in [7, 11) is 0. The number of anilines is 1. The number of H-pyrrole nitrogens is 1. The fraction of sp³-hybridized carbons (Fsp3) is 0. The Balaban J connectivity index is 1.82. The van der Waals surface area contributed by atoms with E-state index >= 15 is 0 Å². The number of aromatic amines is 1. The van der Waals surface area contributed by atoms with Crippen LogP contribution < -0.4 is 5.32 Å². The van der Waals surface area contributed by atoms with Crippen LogP contribution in [0.25, 0.3) is 11.3 Å². The minimum Gasteiger partial charge on any atom is -0.321 e. The summed E-state index contributed by atoms with van der Waals surface area (Å²) in [6.45, 7) is 0. The van der Waals surface area contributed by atoms with Gasteiger partial charge in [0.25, 0.3) is 5.91 Å². The monoisotopic (exact) mass is 331 g/mol. The van der Waals surface area contributed by atoms with E-state index in [0.717, 1.165) is 5.56 Å². The molecule has 0 bridgehead atoms. The van der Waals surface area contributed by atoms with Gasteiger partial charge in [0.1, 0.15) is 5.69 Å². The first-order valence-corrected chi connectivity index (χ1v) is 7.26. The maximum atomic E-state index is 12.2. The number of aromatic nitrogens is 2. The zero-order chi connectivity index (χ0) is 15.5. The van der Waals surface area contributed by atoms with Crippen LogP contribution in [-0.2, 0) is 0 Å². The Labute approximate surface area is 137 Å². The molecular formula is C16H11Cl2N3O. The summed E-state index contributed by atoms with van der Waals surface area (Å²) < 4.78 is 0. The Morgan fingerprint density at radius 2 is 1.86 bits per heavy atom. The number of hydrogen-bond acceptors (Lipinski definition) is 2. The molecule has 0 saturated heterocycles. The molecule has 0 unspecified atom stereocenters. The predicted molar refractivity (Wildman–Crippen MR) is 88.4 cm³/mol. The van der Waals surface area contributed by atoms with Crippen molar-refractivity contribution in [2.24, 2.45) is 0 Å². The van der Waals surface area contributed by atoms with Gasteiger partial charge in [0, 0.05) is 16.3 Å². The van der Waals surface area contributed by atoms with Gasteiger partial charge in [0.05, 0.1) is 10.7 Å². The van der Waals surface area contributed by atoms with E-state index in [4.69, 9.17) is 23.2 Å². The molecule has 22 heavy (non-hydrogen) atoms.